The minimum absolute atomic E-state index is 0.0973. The predicted molar refractivity (Wildman–Crippen MR) is 82.4 cm³/mol. The number of likely N-dealkylation sites (tertiary alicyclic amines) is 1. The van der Waals surface area contributed by atoms with E-state index in [1.165, 1.54) is 32.4 Å². The molecule has 5 heteroatoms. The summed E-state index contributed by atoms with van der Waals surface area (Å²) in [5.41, 5.74) is 0. The van der Waals surface area contributed by atoms with Crippen LogP contribution in [0.1, 0.15) is 45.4 Å². The molecule has 0 aromatic carbocycles. The molecule has 0 aromatic rings. The molecule has 1 N–H and O–H groups in total. The van der Waals surface area contributed by atoms with Crippen molar-refractivity contribution < 1.29 is 9.53 Å². The third kappa shape index (κ3) is 3.69. The zero-order chi connectivity index (χ0) is 14.7. The summed E-state index contributed by atoms with van der Waals surface area (Å²) in [6.07, 6.45) is 7.69. The van der Waals surface area contributed by atoms with Crippen LogP contribution >= 0.6 is 0 Å². The van der Waals surface area contributed by atoms with E-state index in [1.807, 2.05) is 4.90 Å². The third-order valence-electron chi connectivity index (χ3n) is 5.18. The fraction of sp³-hybridized carbons (Fsp3) is 0.938. The molecule has 0 unspecified atom stereocenters. The van der Waals surface area contributed by atoms with E-state index in [0.717, 1.165) is 38.9 Å². The van der Waals surface area contributed by atoms with Crippen LogP contribution in [-0.4, -0.2) is 66.8 Å². The van der Waals surface area contributed by atoms with Gasteiger partial charge in [0.25, 0.3) is 0 Å². The lowest BCUT2D eigenvalue weighted by Gasteiger charge is -2.27. The molecule has 3 rings (SSSR count). The maximum atomic E-state index is 12.4. The van der Waals surface area contributed by atoms with Crippen LogP contribution in [0.3, 0.4) is 0 Å². The molecule has 3 heterocycles. The normalized spacial score (nSPS) is 31.8. The van der Waals surface area contributed by atoms with Gasteiger partial charge in [-0.05, 0) is 65.1 Å². The first kappa shape index (κ1) is 15.1. The van der Waals surface area contributed by atoms with Gasteiger partial charge in [0.2, 0.25) is 0 Å². The van der Waals surface area contributed by atoms with Gasteiger partial charge in [0.05, 0.1) is 18.2 Å². The van der Waals surface area contributed by atoms with Crippen LogP contribution in [0.15, 0.2) is 0 Å². The quantitative estimate of drug-likeness (QED) is 0.813. The van der Waals surface area contributed by atoms with Crippen LogP contribution in [0.4, 0.5) is 4.79 Å². The van der Waals surface area contributed by atoms with Gasteiger partial charge in [0, 0.05) is 13.1 Å². The molecule has 0 radical (unpaired) electrons. The Kier molecular flexibility index (Phi) is 5.01. The molecule has 0 saturated carbocycles. The average Bonchev–Trinajstić information content (AvgIpc) is 3.20. The standard InChI is InChI=1S/C16H29N3O2/c1-2-19(11-5-10-18-8-3-4-9-18)16(20)17-14-12-13-6-7-15(14)21-13/h13-15H,2-12H2,1H3,(H,17,20)/t13-,14-,15-/m1/s1. The summed E-state index contributed by atoms with van der Waals surface area (Å²) < 4.78 is 5.81. The summed E-state index contributed by atoms with van der Waals surface area (Å²) in [5, 5.41) is 3.19. The number of nitrogens with one attached hydrogen (secondary N) is 1. The number of rotatable bonds is 6. The molecule has 21 heavy (non-hydrogen) atoms. The van der Waals surface area contributed by atoms with Gasteiger partial charge in [-0.25, -0.2) is 4.79 Å². The highest BCUT2D eigenvalue weighted by Gasteiger charge is 2.41. The second kappa shape index (κ2) is 6.97. The van der Waals surface area contributed by atoms with E-state index in [9.17, 15) is 4.79 Å². The van der Waals surface area contributed by atoms with E-state index >= 15 is 0 Å². The first-order chi connectivity index (χ1) is 10.3. The Balaban J connectivity index is 1.38. The lowest BCUT2D eigenvalue weighted by Crippen LogP contribution is -2.48. The maximum absolute atomic E-state index is 12.4. The molecule has 2 bridgehead atoms. The van der Waals surface area contributed by atoms with E-state index in [1.54, 1.807) is 0 Å². The Morgan fingerprint density at radius 1 is 1.33 bits per heavy atom. The largest absolute Gasteiger partial charge is 0.373 e. The van der Waals surface area contributed by atoms with E-state index in [0.29, 0.717) is 6.10 Å². The Morgan fingerprint density at radius 3 is 2.76 bits per heavy atom. The van der Waals surface area contributed by atoms with Crippen molar-refractivity contribution in [1.82, 2.24) is 15.1 Å². The number of hydrogen-bond acceptors (Lipinski definition) is 3. The molecule has 3 atom stereocenters. The molecule has 5 nitrogen and oxygen atoms in total. The number of urea groups is 1. The molecule has 3 saturated heterocycles. The Hall–Kier alpha value is -0.810. The Bertz CT molecular complexity index is 357. The van der Waals surface area contributed by atoms with Crippen molar-refractivity contribution >= 4 is 6.03 Å². The highest BCUT2D eigenvalue weighted by molar-refractivity contribution is 5.74. The van der Waals surface area contributed by atoms with Crippen LogP contribution in [-0.2, 0) is 4.74 Å². The second-order valence-electron chi connectivity index (χ2n) is 6.65. The van der Waals surface area contributed by atoms with Gasteiger partial charge in [-0.15, -0.1) is 0 Å². The summed E-state index contributed by atoms with van der Waals surface area (Å²) in [6.45, 7) is 7.31. The van der Waals surface area contributed by atoms with Gasteiger partial charge in [-0.2, -0.15) is 0 Å². The van der Waals surface area contributed by atoms with Crippen molar-refractivity contribution in [2.75, 3.05) is 32.7 Å². The SMILES string of the molecule is CCN(CCCN1CCCC1)C(=O)N[C@@H]1C[C@H]2CC[C@H]1O2. The smallest absolute Gasteiger partial charge is 0.317 e. The van der Waals surface area contributed by atoms with E-state index in [2.05, 4.69) is 17.1 Å². The number of ether oxygens (including phenoxy) is 1. The second-order valence-corrected chi connectivity index (χ2v) is 6.65. The lowest BCUT2D eigenvalue weighted by atomic mass is 9.96. The van der Waals surface area contributed by atoms with Crippen molar-refractivity contribution in [2.24, 2.45) is 0 Å². The van der Waals surface area contributed by atoms with Crippen molar-refractivity contribution in [1.29, 1.82) is 0 Å². The lowest BCUT2D eigenvalue weighted by molar-refractivity contribution is 0.0970. The van der Waals surface area contributed by atoms with Gasteiger partial charge in [-0.1, -0.05) is 0 Å². The van der Waals surface area contributed by atoms with Gasteiger partial charge < -0.3 is 19.9 Å². The molecule has 3 aliphatic rings. The Labute approximate surface area is 128 Å². The van der Waals surface area contributed by atoms with Crippen molar-refractivity contribution in [2.45, 2.75) is 63.7 Å². The zero-order valence-electron chi connectivity index (χ0n) is 13.2. The van der Waals surface area contributed by atoms with E-state index < -0.39 is 0 Å². The molecule has 3 fully saturated rings. The van der Waals surface area contributed by atoms with Gasteiger partial charge >= 0.3 is 6.03 Å². The number of amides is 2. The van der Waals surface area contributed by atoms with Gasteiger partial charge in [-0.3, -0.25) is 0 Å². The zero-order valence-corrected chi connectivity index (χ0v) is 13.2. The topological polar surface area (TPSA) is 44.8 Å². The summed E-state index contributed by atoms with van der Waals surface area (Å²) in [4.78, 5) is 16.8. The molecule has 0 spiro atoms. The van der Waals surface area contributed by atoms with Crippen molar-refractivity contribution in [3.05, 3.63) is 0 Å². The molecule has 0 aromatic heterocycles. The van der Waals surface area contributed by atoms with Crippen molar-refractivity contribution in [3.63, 3.8) is 0 Å². The molecular formula is C16H29N3O2. The Morgan fingerprint density at radius 2 is 2.14 bits per heavy atom. The summed E-state index contributed by atoms with van der Waals surface area (Å²) in [5.74, 6) is 0. The summed E-state index contributed by atoms with van der Waals surface area (Å²) >= 11 is 0. The number of carbonyl (C=O) groups is 1. The predicted octanol–water partition coefficient (Wildman–Crippen LogP) is 1.82. The number of fused-ring (bicyclic) bond motifs is 2. The summed E-state index contributed by atoms with van der Waals surface area (Å²) in [7, 11) is 0. The average molecular weight is 295 g/mol. The maximum Gasteiger partial charge on any atom is 0.317 e. The van der Waals surface area contributed by atoms with Crippen molar-refractivity contribution in [3.8, 4) is 0 Å². The van der Waals surface area contributed by atoms with E-state index in [4.69, 9.17) is 4.74 Å². The minimum Gasteiger partial charge on any atom is -0.373 e. The molecule has 0 aliphatic carbocycles. The third-order valence-corrected chi connectivity index (χ3v) is 5.18. The molecule has 3 aliphatic heterocycles. The van der Waals surface area contributed by atoms with Gasteiger partial charge in [0.1, 0.15) is 0 Å². The van der Waals surface area contributed by atoms with E-state index in [-0.39, 0.29) is 18.2 Å². The fourth-order valence-electron chi connectivity index (χ4n) is 3.93. The van der Waals surface area contributed by atoms with Crippen LogP contribution < -0.4 is 5.32 Å². The highest BCUT2D eigenvalue weighted by Crippen LogP contribution is 2.34. The minimum atomic E-state index is 0.0973. The van der Waals surface area contributed by atoms with Crippen LogP contribution in [0.2, 0.25) is 0 Å². The molecule has 2 amide bonds. The fourth-order valence-corrected chi connectivity index (χ4v) is 3.93. The number of carbonyl (C=O) groups excluding carboxylic acids is 1. The summed E-state index contributed by atoms with van der Waals surface area (Å²) in [6, 6.07) is 0.337. The van der Waals surface area contributed by atoms with Crippen LogP contribution in [0, 0.1) is 0 Å². The number of nitrogens with zero attached hydrogens (tertiary/aromatic N) is 2. The molecule has 120 valence electrons. The monoisotopic (exact) mass is 295 g/mol. The highest BCUT2D eigenvalue weighted by atomic mass is 16.5. The number of hydrogen-bond donors (Lipinski definition) is 1. The van der Waals surface area contributed by atoms with Gasteiger partial charge in [0.15, 0.2) is 0 Å². The molecular weight excluding hydrogens is 266 g/mol. The first-order valence-electron chi connectivity index (χ1n) is 8.69. The first-order valence-corrected chi connectivity index (χ1v) is 8.69. The van der Waals surface area contributed by atoms with Crippen LogP contribution in [0.5, 0.6) is 0 Å². The van der Waals surface area contributed by atoms with Crippen LogP contribution in [0.25, 0.3) is 0 Å².